The molecule has 0 heterocycles. The zero-order valence-electron chi connectivity index (χ0n) is 25.1. The summed E-state index contributed by atoms with van der Waals surface area (Å²) in [6.07, 6.45) is 16.3. The number of benzene rings is 1. The fraction of sp³-hybridized carbons (Fsp3) is 0.750. The van der Waals surface area contributed by atoms with Gasteiger partial charge in [0.2, 0.25) is 0 Å². The van der Waals surface area contributed by atoms with Gasteiger partial charge in [0.25, 0.3) is 0 Å². The van der Waals surface area contributed by atoms with Crippen LogP contribution in [0.5, 0.6) is 0 Å². The maximum absolute atomic E-state index is 11.9. The lowest BCUT2D eigenvalue weighted by Crippen LogP contribution is -2.41. The molecule has 0 radical (unpaired) electrons. The Bertz CT molecular complexity index is 785. The molecular weight excluding hydrogens is 508 g/mol. The van der Waals surface area contributed by atoms with Crippen LogP contribution >= 0.6 is 0 Å². The van der Waals surface area contributed by atoms with E-state index in [0.717, 1.165) is 30.5 Å². The number of nitrogens with one attached hydrogen (secondary N) is 2. The van der Waals surface area contributed by atoms with Crippen LogP contribution in [0.4, 0.5) is 4.79 Å². The molecule has 8 heteroatoms. The zero-order chi connectivity index (χ0) is 29.1. The van der Waals surface area contributed by atoms with Crippen LogP contribution in [0, 0.1) is 0 Å². The van der Waals surface area contributed by atoms with E-state index in [4.69, 9.17) is 19.3 Å². The number of hydrogen-bond acceptors (Lipinski definition) is 6. The predicted molar refractivity (Wildman–Crippen MR) is 158 cm³/mol. The van der Waals surface area contributed by atoms with Crippen molar-refractivity contribution >= 4 is 12.1 Å². The maximum atomic E-state index is 11.9. The van der Waals surface area contributed by atoms with Crippen LogP contribution < -0.4 is 10.6 Å². The first kappa shape index (κ1) is 34.0. The summed E-state index contributed by atoms with van der Waals surface area (Å²) in [5.74, 6) is -1.04. The van der Waals surface area contributed by atoms with E-state index in [0.29, 0.717) is 19.6 Å². The highest BCUT2D eigenvalue weighted by Gasteiger charge is 2.20. The molecule has 2 aliphatic rings. The molecule has 1 aromatic rings. The number of hydrogen-bond donors (Lipinski definition) is 3. The second kappa shape index (κ2) is 19.8. The van der Waals surface area contributed by atoms with E-state index >= 15 is 0 Å². The van der Waals surface area contributed by atoms with Crippen molar-refractivity contribution in [3.05, 3.63) is 35.9 Å². The molecule has 0 aliphatic heterocycles. The van der Waals surface area contributed by atoms with Crippen molar-refractivity contribution in [2.75, 3.05) is 19.8 Å². The van der Waals surface area contributed by atoms with Crippen LogP contribution in [0.1, 0.15) is 110 Å². The largest absolute Gasteiger partial charge is 0.480 e. The molecule has 40 heavy (non-hydrogen) atoms. The molecule has 0 spiro atoms. The SMILES string of the molecule is C1CCC(NC2CCCCC2)CC1.CC(C)(C)OC(=O)N[C@H](CCCCOCc1ccccc1)COCC(=O)O. The van der Waals surface area contributed by atoms with Gasteiger partial charge in [-0.1, -0.05) is 68.9 Å². The molecule has 2 fully saturated rings. The van der Waals surface area contributed by atoms with Crippen LogP contribution in [-0.2, 0) is 25.6 Å². The Balaban J connectivity index is 0.000000355. The molecule has 0 saturated heterocycles. The molecule has 0 aromatic heterocycles. The van der Waals surface area contributed by atoms with Gasteiger partial charge >= 0.3 is 12.1 Å². The minimum atomic E-state index is -1.04. The molecule has 1 aromatic carbocycles. The Labute approximate surface area is 241 Å². The minimum absolute atomic E-state index is 0.121. The van der Waals surface area contributed by atoms with Crippen molar-refractivity contribution in [1.82, 2.24) is 10.6 Å². The van der Waals surface area contributed by atoms with Gasteiger partial charge in [0, 0.05) is 18.7 Å². The number of amides is 1. The third kappa shape index (κ3) is 17.5. The van der Waals surface area contributed by atoms with Gasteiger partial charge in [-0.05, 0) is 71.3 Å². The predicted octanol–water partition coefficient (Wildman–Crippen LogP) is 6.61. The van der Waals surface area contributed by atoms with E-state index in [-0.39, 0.29) is 12.6 Å². The van der Waals surface area contributed by atoms with Gasteiger partial charge in [0.1, 0.15) is 12.2 Å². The molecule has 1 atom stereocenters. The van der Waals surface area contributed by atoms with E-state index in [2.05, 4.69) is 10.6 Å². The van der Waals surface area contributed by atoms with Crippen LogP contribution in [0.2, 0.25) is 0 Å². The van der Waals surface area contributed by atoms with Crippen molar-refractivity contribution in [3.63, 3.8) is 0 Å². The Kier molecular flexibility index (Phi) is 16.9. The van der Waals surface area contributed by atoms with Gasteiger partial charge in [-0.25, -0.2) is 9.59 Å². The van der Waals surface area contributed by atoms with Crippen LogP contribution in [0.15, 0.2) is 30.3 Å². The Morgan fingerprint density at radius 2 is 1.50 bits per heavy atom. The average molecular weight is 563 g/mol. The van der Waals surface area contributed by atoms with Crippen LogP contribution in [-0.4, -0.2) is 60.7 Å². The summed E-state index contributed by atoms with van der Waals surface area (Å²) >= 11 is 0. The van der Waals surface area contributed by atoms with Crippen molar-refractivity contribution in [3.8, 4) is 0 Å². The fourth-order valence-corrected chi connectivity index (χ4v) is 5.19. The van der Waals surface area contributed by atoms with Gasteiger partial charge in [-0.3, -0.25) is 0 Å². The molecular formula is C32H54N2O6. The van der Waals surface area contributed by atoms with Crippen molar-refractivity contribution in [2.45, 2.75) is 135 Å². The minimum Gasteiger partial charge on any atom is -0.480 e. The Morgan fingerprint density at radius 1 is 0.900 bits per heavy atom. The summed E-state index contributed by atoms with van der Waals surface area (Å²) in [5, 5.41) is 15.3. The van der Waals surface area contributed by atoms with E-state index < -0.39 is 24.3 Å². The van der Waals surface area contributed by atoms with Crippen molar-refractivity contribution < 1.29 is 28.9 Å². The van der Waals surface area contributed by atoms with Gasteiger partial charge in [0.05, 0.1) is 19.3 Å². The van der Waals surface area contributed by atoms with E-state index in [1.165, 1.54) is 64.2 Å². The van der Waals surface area contributed by atoms with Crippen LogP contribution in [0.3, 0.4) is 0 Å². The normalized spacial score (nSPS) is 17.4. The van der Waals surface area contributed by atoms with Gasteiger partial charge < -0.3 is 30.0 Å². The third-order valence-corrected chi connectivity index (χ3v) is 7.15. The first-order chi connectivity index (χ1) is 19.2. The highest BCUT2D eigenvalue weighted by Crippen LogP contribution is 2.22. The first-order valence-electron chi connectivity index (χ1n) is 15.4. The summed E-state index contributed by atoms with van der Waals surface area (Å²) in [7, 11) is 0. The summed E-state index contributed by atoms with van der Waals surface area (Å²) in [5.41, 5.74) is 0.533. The number of ether oxygens (including phenoxy) is 3. The highest BCUT2D eigenvalue weighted by atomic mass is 16.6. The third-order valence-electron chi connectivity index (χ3n) is 7.15. The maximum Gasteiger partial charge on any atom is 0.407 e. The number of unbranched alkanes of at least 4 members (excludes halogenated alkanes) is 1. The smallest absolute Gasteiger partial charge is 0.407 e. The number of carboxylic acids is 1. The second-order valence-corrected chi connectivity index (χ2v) is 12.1. The molecule has 3 N–H and O–H groups in total. The van der Waals surface area contributed by atoms with E-state index in [1.54, 1.807) is 20.8 Å². The summed E-state index contributed by atoms with van der Waals surface area (Å²) in [4.78, 5) is 22.5. The van der Waals surface area contributed by atoms with Crippen LogP contribution in [0.25, 0.3) is 0 Å². The summed E-state index contributed by atoms with van der Waals surface area (Å²) in [6, 6.07) is 11.4. The molecule has 8 nitrogen and oxygen atoms in total. The second-order valence-electron chi connectivity index (χ2n) is 12.1. The average Bonchev–Trinajstić information content (AvgIpc) is 2.91. The number of alkyl carbamates (subject to hydrolysis) is 1. The molecule has 3 rings (SSSR count). The number of carbonyl (C=O) groups is 2. The lowest BCUT2D eigenvalue weighted by Gasteiger charge is -2.30. The van der Waals surface area contributed by atoms with E-state index in [1.807, 2.05) is 30.3 Å². The van der Waals surface area contributed by atoms with Gasteiger partial charge in [0.15, 0.2) is 0 Å². The summed E-state index contributed by atoms with van der Waals surface area (Å²) in [6.45, 7) is 6.26. The molecule has 1 amide bonds. The van der Waals surface area contributed by atoms with Crippen molar-refractivity contribution in [2.24, 2.45) is 0 Å². The lowest BCUT2D eigenvalue weighted by atomic mass is 9.91. The number of aliphatic carboxylic acids is 1. The molecule has 228 valence electrons. The Morgan fingerprint density at radius 3 is 2.05 bits per heavy atom. The van der Waals surface area contributed by atoms with Gasteiger partial charge in [-0.2, -0.15) is 0 Å². The lowest BCUT2D eigenvalue weighted by molar-refractivity contribution is -0.142. The number of carbonyl (C=O) groups excluding carboxylic acids is 1. The molecule has 2 aliphatic carbocycles. The number of rotatable bonds is 14. The molecule has 0 unspecified atom stereocenters. The molecule has 2 saturated carbocycles. The quantitative estimate of drug-likeness (QED) is 0.219. The summed E-state index contributed by atoms with van der Waals surface area (Å²) < 4.78 is 16.0. The Hall–Kier alpha value is -2.16. The number of carboxylic acid groups (broad SMARTS) is 1. The van der Waals surface area contributed by atoms with E-state index in [9.17, 15) is 9.59 Å². The highest BCUT2D eigenvalue weighted by molar-refractivity contribution is 5.68. The molecule has 0 bridgehead atoms. The standard InChI is InChI=1S/C20H31NO6.C12H23N/c1-20(2,3)27-19(24)21-17(14-26-15-18(22)23)11-7-8-12-25-13-16-9-5-4-6-10-16;1-3-7-11(8-4-1)13-12-9-5-2-6-10-12/h4-6,9-10,17H,7-8,11-15H2,1-3H3,(H,21,24)(H,22,23);11-13H,1-10H2/t17-;/m1./s1. The first-order valence-corrected chi connectivity index (χ1v) is 15.4. The van der Waals surface area contributed by atoms with Gasteiger partial charge in [-0.15, -0.1) is 0 Å². The van der Waals surface area contributed by atoms with Crippen molar-refractivity contribution in [1.29, 1.82) is 0 Å². The fourth-order valence-electron chi connectivity index (χ4n) is 5.19. The topological polar surface area (TPSA) is 106 Å². The zero-order valence-corrected chi connectivity index (χ0v) is 25.1. The monoisotopic (exact) mass is 562 g/mol.